The maximum atomic E-state index is 12.5. The molecule has 2 heterocycles. The molecule has 1 saturated heterocycles. The van der Waals surface area contributed by atoms with Gasteiger partial charge in [0.25, 0.3) is 5.91 Å². The Balaban J connectivity index is 1.39. The zero-order valence-corrected chi connectivity index (χ0v) is 15.2. The van der Waals surface area contributed by atoms with E-state index in [1.807, 2.05) is 30.3 Å². The summed E-state index contributed by atoms with van der Waals surface area (Å²) in [6.07, 6.45) is 5.68. The molecule has 0 saturated carbocycles. The van der Waals surface area contributed by atoms with E-state index in [0.29, 0.717) is 12.1 Å². The van der Waals surface area contributed by atoms with Crippen molar-refractivity contribution in [1.29, 1.82) is 0 Å². The smallest absolute Gasteiger partial charge is 0.251 e. The maximum Gasteiger partial charge on any atom is 0.251 e. The first-order chi connectivity index (χ1) is 13.3. The monoisotopic (exact) mass is 361 g/mol. The number of aromatic nitrogens is 3. The van der Waals surface area contributed by atoms with Crippen LogP contribution in [0.2, 0.25) is 0 Å². The van der Waals surface area contributed by atoms with Gasteiger partial charge in [-0.2, -0.15) is 5.10 Å². The van der Waals surface area contributed by atoms with Gasteiger partial charge in [0.15, 0.2) is 0 Å². The van der Waals surface area contributed by atoms with Crippen LogP contribution >= 0.6 is 0 Å². The van der Waals surface area contributed by atoms with Gasteiger partial charge in [0.1, 0.15) is 12.7 Å². The third-order valence-corrected chi connectivity index (χ3v) is 4.96. The molecule has 0 bridgehead atoms. The molecule has 0 aliphatic carbocycles. The molecule has 138 valence electrons. The molecule has 6 nitrogen and oxygen atoms in total. The molecule has 0 radical (unpaired) electrons. The standard InChI is InChI=1S/C21H23N5O/c27-21(17-7-9-20(10-8-17)26-16-22-15-24-26)23-13-18-5-1-2-6-19(18)14-25-11-3-4-12-25/h1-2,5-10,15-16H,3-4,11-14H2,(H,23,27). The van der Waals surface area contributed by atoms with Gasteiger partial charge >= 0.3 is 0 Å². The maximum absolute atomic E-state index is 12.5. The number of rotatable bonds is 6. The summed E-state index contributed by atoms with van der Waals surface area (Å²) in [7, 11) is 0. The van der Waals surface area contributed by atoms with E-state index in [1.165, 1.54) is 43.4 Å². The van der Waals surface area contributed by atoms with E-state index < -0.39 is 0 Å². The molecule has 27 heavy (non-hydrogen) atoms. The molecule has 1 aromatic heterocycles. The fourth-order valence-electron chi connectivity index (χ4n) is 3.45. The average molecular weight is 361 g/mol. The highest BCUT2D eigenvalue weighted by atomic mass is 16.1. The summed E-state index contributed by atoms with van der Waals surface area (Å²) in [6, 6.07) is 15.7. The Labute approximate surface area is 158 Å². The lowest BCUT2D eigenvalue weighted by molar-refractivity contribution is 0.0951. The lowest BCUT2D eigenvalue weighted by Gasteiger charge is -2.17. The van der Waals surface area contributed by atoms with Gasteiger partial charge in [-0.15, -0.1) is 0 Å². The van der Waals surface area contributed by atoms with E-state index in [0.717, 1.165) is 12.2 Å². The summed E-state index contributed by atoms with van der Waals surface area (Å²) in [4.78, 5) is 18.9. The van der Waals surface area contributed by atoms with Gasteiger partial charge in [-0.1, -0.05) is 24.3 Å². The number of amides is 1. The van der Waals surface area contributed by atoms with Crippen molar-refractivity contribution in [3.05, 3.63) is 77.9 Å². The molecule has 1 N–H and O–H groups in total. The van der Waals surface area contributed by atoms with Crippen molar-refractivity contribution in [1.82, 2.24) is 25.0 Å². The minimum absolute atomic E-state index is 0.0730. The van der Waals surface area contributed by atoms with Crippen molar-refractivity contribution in [2.45, 2.75) is 25.9 Å². The minimum Gasteiger partial charge on any atom is -0.348 e. The quantitative estimate of drug-likeness (QED) is 0.733. The fourth-order valence-corrected chi connectivity index (χ4v) is 3.45. The second-order valence-electron chi connectivity index (χ2n) is 6.82. The molecule has 2 aromatic carbocycles. The molecule has 0 atom stereocenters. The summed E-state index contributed by atoms with van der Waals surface area (Å²) in [5.74, 6) is -0.0730. The van der Waals surface area contributed by atoms with E-state index in [9.17, 15) is 4.79 Å². The molecule has 1 aliphatic heterocycles. The lowest BCUT2D eigenvalue weighted by Crippen LogP contribution is -2.25. The number of benzene rings is 2. The Morgan fingerprint density at radius 3 is 2.44 bits per heavy atom. The Morgan fingerprint density at radius 2 is 1.74 bits per heavy atom. The number of nitrogens with zero attached hydrogens (tertiary/aromatic N) is 4. The second-order valence-corrected chi connectivity index (χ2v) is 6.82. The highest BCUT2D eigenvalue weighted by Gasteiger charge is 2.14. The summed E-state index contributed by atoms with van der Waals surface area (Å²) < 4.78 is 1.66. The van der Waals surface area contributed by atoms with E-state index in [2.05, 4.69) is 38.5 Å². The second kappa shape index (κ2) is 8.14. The van der Waals surface area contributed by atoms with Gasteiger partial charge in [-0.3, -0.25) is 9.69 Å². The lowest BCUT2D eigenvalue weighted by atomic mass is 10.1. The fraction of sp³-hybridized carbons (Fsp3) is 0.286. The van der Waals surface area contributed by atoms with Crippen molar-refractivity contribution < 1.29 is 4.79 Å². The summed E-state index contributed by atoms with van der Waals surface area (Å²) in [5, 5.41) is 7.13. The first-order valence-corrected chi connectivity index (χ1v) is 9.32. The zero-order valence-electron chi connectivity index (χ0n) is 15.2. The zero-order chi connectivity index (χ0) is 18.5. The Bertz CT molecular complexity index is 883. The van der Waals surface area contributed by atoms with Crippen LogP contribution in [0.1, 0.15) is 34.3 Å². The summed E-state index contributed by atoms with van der Waals surface area (Å²) >= 11 is 0. The predicted octanol–water partition coefficient (Wildman–Crippen LogP) is 2.79. The molecule has 6 heteroatoms. The number of carbonyl (C=O) groups is 1. The van der Waals surface area contributed by atoms with Gasteiger partial charge in [-0.25, -0.2) is 9.67 Å². The van der Waals surface area contributed by atoms with E-state index in [4.69, 9.17) is 0 Å². The van der Waals surface area contributed by atoms with Gasteiger partial charge in [-0.05, 0) is 61.3 Å². The molecule has 0 spiro atoms. The largest absolute Gasteiger partial charge is 0.348 e. The minimum atomic E-state index is -0.0730. The molecule has 4 rings (SSSR count). The molecule has 1 fully saturated rings. The number of nitrogens with one attached hydrogen (secondary N) is 1. The van der Waals surface area contributed by atoms with Gasteiger partial charge in [0.2, 0.25) is 0 Å². The highest BCUT2D eigenvalue weighted by molar-refractivity contribution is 5.94. The van der Waals surface area contributed by atoms with Crippen molar-refractivity contribution in [2.75, 3.05) is 13.1 Å². The Morgan fingerprint density at radius 1 is 1.00 bits per heavy atom. The van der Waals surface area contributed by atoms with Crippen molar-refractivity contribution in [3.63, 3.8) is 0 Å². The topological polar surface area (TPSA) is 63.1 Å². The van der Waals surface area contributed by atoms with Crippen LogP contribution in [-0.2, 0) is 13.1 Å². The Hall–Kier alpha value is -2.99. The number of hydrogen-bond acceptors (Lipinski definition) is 4. The number of likely N-dealkylation sites (tertiary alicyclic amines) is 1. The van der Waals surface area contributed by atoms with Gasteiger partial charge in [0, 0.05) is 18.7 Å². The summed E-state index contributed by atoms with van der Waals surface area (Å²) in [6.45, 7) is 3.82. The SMILES string of the molecule is O=C(NCc1ccccc1CN1CCCC1)c1ccc(-n2cncn2)cc1. The molecular weight excluding hydrogens is 338 g/mol. The van der Waals surface area contributed by atoms with Crippen LogP contribution in [0.3, 0.4) is 0 Å². The number of hydrogen-bond donors (Lipinski definition) is 1. The number of carbonyl (C=O) groups excluding carboxylic acids is 1. The van der Waals surface area contributed by atoms with Gasteiger partial charge < -0.3 is 5.32 Å². The normalized spacial score (nSPS) is 14.4. The van der Waals surface area contributed by atoms with Crippen molar-refractivity contribution in [2.24, 2.45) is 0 Å². The first-order valence-electron chi connectivity index (χ1n) is 9.32. The van der Waals surface area contributed by atoms with E-state index >= 15 is 0 Å². The Kier molecular flexibility index (Phi) is 5.25. The van der Waals surface area contributed by atoms with Crippen LogP contribution in [0.25, 0.3) is 5.69 Å². The van der Waals surface area contributed by atoms with Crippen molar-refractivity contribution in [3.8, 4) is 5.69 Å². The molecule has 1 amide bonds. The van der Waals surface area contributed by atoms with Crippen LogP contribution in [0.5, 0.6) is 0 Å². The molecule has 3 aromatic rings. The third-order valence-electron chi connectivity index (χ3n) is 4.96. The predicted molar refractivity (Wildman–Crippen MR) is 103 cm³/mol. The molecule has 0 unspecified atom stereocenters. The van der Waals surface area contributed by atoms with E-state index in [1.54, 1.807) is 11.0 Å². The average Bonchev–Trinajstić information content (AvgIpc) is 3.41. The van der Waals surface area contributed by atoms with Gasteiger partial charge in [0.05, 0.1) is 5.69 Å². The van der Waals surface area contributed by atoms with Crippen LogP contribution in [0, 0.1) is 0 Å². The third kappa shape index (κ3) is 4.23. The van der Waals surface area contributed by atoms with Crippen LogP contribution < -0.4 is 5.32 Å². The van der Waals surface area contributed by atoms with E-state index in [-0.39, 0.29) is 5.91 Å². The molecular formula is C21H23N5O. The summed E-state index contributed by atoms with van der Waals surface area (Å²) in [5.41, 5.74) is 3.98. The molecule has 1 aliphatic rings. The van der Waals surface area contributed by atoms with Crippen LogP contribution in [0.15, 0.2) is 61.2 Å². The highest BCUT2D eigenvalue weighted by Crippen LogP contribution is 2.16. The first kappa shape index (κ1) is 17.4. The van der Waals surface area contributed by atoms with Crippen LogP contribution in [0.4, 0.5) is 0 Å². The van der Waals surface area contributed by atoms with Crippen molar-refractivity contribution >= 4 is 5.91 Å². The van der Waals surface area contributed by atoms with Crippen LogP contribution in [-0.4, -0.2) is 38.7 Å².